The second-order valence-corrected chi connectivity index (χ2v) is 9.00. The van der Waals surface area contributed by atoms with E-state index in [1.807, 2.05) is 0 Å². The van der Waals surface area contributed by atoms with Gasteiger partial charge in [0.25, 0.3) is 11.8 Å². The molecule has 2 aliphatic carbocycles. The van der Waals surface area contributed by atoms with Crippen LogP contribution in [-0.4, -0.2) is 28.6 Å². The van der Waals surface area contributed by atoms with Crippen LogP contribution < -0.4 is 21.3 Å². The van der Waals surface area contributed by atoms with Gasteiger partial charge < -0.3 is 21.3 Å². The van der Waals surface area contributed by atoms with Gasteiger partial charge in [0.05, 0.1) is 0 Å². The van der Waals surface area contributed by atoms with Crippen molar-refractivity contribution < 1.29 is 19.2 Å². The highest BCUT2D eigenvalue weighted by Gasteiger charge is 2.30. The van der Waals surface area contributed by atoms with Gasteiger partial charge in [-0.3, -0.25) is 19.2 Å². The van der Waals surface area contributed by atoms with Gasteiger partial charge in [-0.15, -0.1) is 0 Å². The van der Waals surface area contributed by atoms with Crippen molar-refractivity contribution in [2.45, 2.75) is 25.7 Å². The Labute approximate surface area is 207 Å². The molecule has 182 valence electrons. The monoisotopic (exact) mass is 483 g/mol. The van der Waals surface area contributed by atoms with Crippen molar-refractivity contribution in [3.63, 3.8) is 0 Å². The molecule has 9 nitrogen and oxygen atoms in total. The van der Waals surface area contributed by atoms with E-state index in [2.05, 4.69) is 26.3 Å². The lowest BCUT2D eigenvalue weighted by atomic mass is 10.2. The molecule has 4 amide bonds. The maximum absolute atomic E-state index is 12.7. The zero-order valence-electron chi connectivity index (χ0n) is 19.4. The van der Waals surface area contributed by atoms with Crippen LogP contribution in [0, 0.1) is 11.8 Å². The third-order valence-electron chi connectivity index (χ3n) is 5.93. The number of hydrogen-bond donors (Lipinski definition) is 4. The number of aromatic nitrogens is 1. The molecule has 0 saturated heterocycles. The Balaban J connectivity index is 1.17. The van der Waals surface area contributed by atoms with Gasteiger partial charge in [-0.2, -0.15) is 0 Å². The quantitative estimate of drug-likeness (QED) is 0.380. The zero-order chi connectivity index (χ0) is 25.1. The van der Waals surface area contributed by atoms with Crippen LogP contribution in [0.4, 0.5) is 22.7 Å². The van der Waals surface area contributed by atoms with Gasteiger partial charge in [-0.05, 0) is 86.3 Å². The normalized spacial score (nSPS) is 14.4. The minimum absolute atomic E-state index is 0.0161. The summed E-state index contributed by atoms with van der Waals surface area (Å²) in [4.78, 5) is 53.3. The van der Waals surface area contributed by atoms with Crippen molar-refractivity contribution in [3.05, 3.63) is 78.1 Å². The number of rotatable bonds is 8. The molecule has 2 saturated carbocycles. The highest BCUT2D eigenvalue weighted by molar-refractivity contribution is 6.06. The topological polar surface area (TPSA) is 129 Å². The predicted octanol–water partition coefficient (Wildman–Crippen LogP) is 4.28. The number of carbonyl (C=O) groups excluding carboxylic acids is 4. The van der Waals surface area contributed by atoms with E-state index in [1.165, 1.54) is 12.1 Å². The third-order valence-corrected chi connectivity index (χ3v) is 5.93. The second-order valence-electron chi connectivity index (χ2n) is 9.00. The molecule has 0 bridgehead atoms. The highest BCUT2D eigenvalue weighted by Crippen LogP contribution is 2.31. The van der Waals surface area contributed by atoms with Crippen LogP contribution in [0.5, 0.6) is 0 Å². The summed E-state index contributed by atoms with van der Waals surface area (Å²) in [7, 11) is 0. The fourth-order valence-electron chi connectivity index (χ4n) is 3.53. The molecule has 0 atom stereocenters. The van der Waals surface area contributed by atoms with E-state index in [4.69, 9.17) is 0 Å². The summed E-state index contributed by atoms with van der Waals surface area (Å²) in [6, 6.07) is 18.3. The standard InChI is InChI=1S/C27H25N5O4/c33-24(16-4-5-16)28-18-8-12-20(13-9-18)30-26(35)22-2-1-3-23(32-22)27(36)31-21-14-10-19(11-15-21)29-25(34)17-6-7-17/h1-3,8-17H,4-7H2,(H,28,33)(H,29,34)(H,30,35)(H,31,36). The first-order valence-corrected chi connectivity index (χ1v) is 11.9. The predicted molar refractivity (Wildman–Crippen MR) is 136 cm³/mol. The Kier molecular flexibility index (Phi) is 6.44. The second kappa shape index (κ2) is 9.99. The van der Waals surface area contributed by atoms with Crippen molar-refractivity contribution in [1.29, 1.82) is 0 Å². The van der Waals surface area contributed by atoms with Gasteiger partial charge in [-0.1, -0.05) is 6.07 Å². The Hall–Kier alpha value is -4.53. The highest BCUT2D eigenvalue weighted by atomic mass is 16.2. The molecule has 36 heavy (non-hydrogen) atoms. The molecule has 1 aromatic heterocycles. The van der Waals surface area contributed by atoms with Gasteiger partial charge in [0.2, 0.25) is 11.8 Å². The van der Waals surface area contributed by atoms with E-state index in [9.17, 15) is 19.2 Å². The van der Waals surface area contributed by atoms with E-state index in [0.29, 0.717) is 22.7 Å². The average Bonchev–Trinajstić information content (AvgIpc) is 3.78. The lowest BCUT2D eigenvalue weighted by Gasteiger charge is -2.09. The van der Waals surface area contributed by atoms with Crippen LogP contribution in [0.15, 0.2) is 66.7 Å². The summed E-state index contributed by atoms with van der Waals surface area (Å²) in [6.45, 7) is 0. The third kappa shape index (κ3) is 5.93. The first-order chi connectivity index (χ1) is 17.4. The number of carbonyl (C=O) groups is 4. The van der Waals surface area contributed by atoms with Gasteiger partial charge >= 0.3 is 0 Å². The lowest BCUT2D eigenvalue weighted by molar-refractivity contribution is -0.118. The Morgan fingerprint density at radius 3 is 1.19 bits per heavy atom. The SMILES string of the molecule is O=C(Nc1ccc(NC(=O)C2CC2)cc1)c1cccc(C(=O)Nc2ccc(NC(=O)C3CC3)cc2)n1. The van der Waals surface area contributed by atoms with Crippen LogP contribution in [0.2, 0.25) is 0 Å². The maximum atomic E-state index is 12.7. The Morgan fingerprint density at radius 2 is 0.861 bits per heavy atom. The molecule has 2 fully saturated rings. The zero-order valence-corrected chi connectivity index (χ0v) is 19.4. The molecule has 0 spiro atoms. The van der Waals surface area contributed by atoms with Crippen molar-refractivity contribution in [2.75, 3.05) is 21.3 Å². The van der Waals surface area contributed by atoms with Crippen molar-refractivity contribution in [1.82, 2.24) is 4.98 Å². The van der Waals surface area contributed by atoms with E-state index < -0.39 is 11.8 Å². The smallest absolute Gasteiger partial charge is 0.274 e. The van der Waals surface area contributed by atoms with Gasteiger partial charge in [0.15, 0.2) is 0 Å². The van der Waals surface area contributed by atoms with Crippen LogP contribution in [0.1, 0.15) is 46.7 Å². The van der Waals surface area contributed by atoms with Gasteiger partial charge in [0, 0.05) is 34.6 Å². The Morgan fingerprint density at radius 1 is 0.528 bits per heavy atom. The van der Waals surface area contributed by atoms with Gasteiger partial charge in [-0.25, -0.2) is 4.98 Å². The first-order valence-electron chi connectivity index (χ1n) is 11.9. The molecule has 0 aliphatic heterocycles. The minimum atomic E-state index is -0.463. The average molecular weight is 484 g/mol. The molecule has 0 unspecified atom stereocenters. The fourth-order valence-corrected chi connectivity index (χ4v) is 3.53. The molecule has 2 aliphatic rings. The molecular formula is C27H25N5O4. The Bertz CT molecular complexity index is 1210. The molecule has 5 rings (SSSR count). The van der Waals surface area contributed by atoms with Crippen LogP contribution in [0.3, 0.4) is 0 Å². The summed E-state index contributed by atoms with van der Waals surface area (Å²) in [5, 5.41) is 11.2. The number of anilines is 4. The van der Waals surface area contributed by atoms with Crippen molar-refractivity contribution in [2.24, 2.45) is 11.8 Å². The summed E-state index contributed by atoms with van der Waals surface area (Å²) >= 11 is 0. The largest absolute Gasteiger partial charge is 0.326 e. The van der Waals surface area contributed by atoms with Crippen molar-refractivity contribution >= 4 is 46.4 Å². The van der Waals surface area contributed by atoms with Crippen LogP contribution >= 0.6 is 0 Å². The van der Waals surface area contributed by atoms with Crippen molar-refractivity contribution in [3.8, 4) is 0 Å². The summed E-state index contributed by atoms with van der Waals surface area (Å²) in [5.74, 6) is -0.673. The number of amides is 4. The minimum Gasteiger partial charge on any atom is -0.326 e. The molecule has 4 N–H and O–H groups in total. The first kappa shape index (κ1) is 23.2. The van der Waals surface area contributed by atoms with Gasteiger partial charge in [0.1, 0.15) is 11.4 Å². The molecule has 1 heterocycles. The molecule has 9 heteroatoms. The lowest BCUT2D eigenvalue weighted by Crippen LogP contribution is -2.18. The summed E-state index contributed by atoms with van der Waals surface area (Å²) in [6.07, 6.45) is 3.71. The van der Waals surface area contributed by atoms with E-state index in [1.54, 1.807) is 54.6 Å². The molecule has 3 aromatic rings. The summed E-state index contributed by atoms with van der Waals surface area (Å²) < 4.78 is 0. The van der Waals surface area contributed by atoms with E-state index >= 15 is 0 Å². The summed E-state index contributed by atoms with van der Waals surface area (Å²) in [5.41, 5.74) is 2.59. The van der Waals surface area contributed by atoms with E-state index in [-0.39, 0.29) is 35.0 Å². The number of nitrogens with zero attached hydrogens (tertiary/aromatic N) is 1. The number of pyridine rings is 1. The maximum Gasteiger partial charge on any atom is 0.274 e. The molecule has 0 radical (unpaired) electrons. The number of benzene rings is 2. The van der Waals surface area contributed by atoms with E-state index in [0.717, 1.165) is 25.7 Å². The number of nitrogens with one attached hydrogen (secondary N) is 4. The molecule has 2 aromatic carbocycles. The molecular weight excluding hydrogens is 458 g/mol. The fraction of sp³-hybridized carbons (Fsp3) is 0.222. The van der Waals surface area contributed by atoms with Crippen LogP contribution in [-0.2, 0) is 9.59 Å². The van der Waals surface area contributed by atoms with Crippen LogP contribution in [0.25, 0.3) is 0 Å². The number of hydrogen-bond acceptors (Lipinski definition) is 5.